The van der Waals surface area contributed by atoms with Crippen LogP contribution in [0.5, 0.6) is 0 Å². The molecule has 0 atom stereocenters. The Balaban J connectivity index is 1.57. The van der Waals surface area contributed by atoms with Crippen LogP contribution in [0.2, 0.25) is 0 Å². The van der Waals surface area contributed by atoms with Crippen LogP contribution in [0.4, 0.5) is 17.1 Å². The first-order valence-electron chi connectivity index (χ1n) is 13.0. The zero-order valence-corrected chi connectivity index (χ0v) is 20.6. The number of para-hydroxylation sites is 3. The van der Waals surface area contributed by atoms with Crippen molar-refractivity contribution < 1.29 is 0 Å². The van der Waals surface area contributed by atoms with Crippen LogP contribution in [-0.2, 0) is 5.41 Å². The fraction of sp³-hybridized carbons (Fsp3) is 0.0556. The molecule has 2 aliphatic rings. The van der Waals surface area contributed by atoms with E-state index >= 15 is 0 Å². The lowest BCUT2D eigenvalue weighted by molar-refractivity contribution is 0.753. The summed E-state index contributed by atoms with van der Waals surface area (Å²) in [5.74, 6) is 0. The third-order valence-corrected chi connectivity index (χ3v) is 8.27. The number of aryl methyl sites for hydroxylation is 1. The van der Waals surface area contributed by atoms with Crippen molar-refractivity contribution in [2.24, 2.45) is 0 Å². The SMILES string of the molecule is Cc1ccc2c(c1)-c1cc3ccccc3cc1C21c2ccccc2N(c2ccccc2)c2ccccc21. The average Bonchev–Trinajstić information content (AvgIpc) is 3.22. The van der Waals surface area contributed by atoms with E-state index in [9.17, 15) is 0 Å². The predicted octanol–water partition coefficient (Wildman–Crippen LogP) is 9.29. The molecule has 6 aromatic carbocycles. The van der Waals surface area contributed by atoms with E-state index in [0.717, 1.165) is 0 Å². The lowest BCUT2D eigenvalue weighted by atomic mass is 9.64. The van der Waals surface area contributed by atoms with Crippen molar-refractivity contribution in [3.63, 3.8) is 0 Å². The first-order chi connectivity index (χ1) is 18.3. The summed E-state index contributed by atoms with van der Waals surface area (Å²) in [4.78, 5) is 2.43. The molecule has 1 nitrogen and oxygen atoms in total. The molecule has 0 amide bonds. The van der Waals surface area contributed by atoms with Crippen LogP contribution in [-0.4, -0.2) is 0 Å². The second-order valence-corrected chi connectivity index (χ2v) is 10.2. The maximum Gasteiger partial charge on any atom is 0.0754 e. The van der Waals surface area contributed by atoms with Crippen LogP contribution >= 0.6 is 0 Å². The third kappa shape index (κ3) is 2.64. The highest BCUT2D eigenvalue weighted by Gasteiger charge is 2.51. The fourth-order valence-corrected chi connectivity index (χ4v) is 6.81. The predicted molar refractivity (Wildman–Crippen MR) is 154 cm³/mol. The Bertz CT molecular complexity index is 1800. The van der Waals surface area contributed by atoms with E-state index in [2.05, 4.69) is 145 Å². The molecule has 1 heteroatoms. The van der Waals surface area contributed by atoms with E-state index in [-0.39, 0.29) is 5.41 Å². The Morgan fingerprint density at radius 2 is 1.03 bits per heavy atom. The smallest absolute Gasteiger partial charge is 0.0754 e. The van der Waals surface area contributed by atoms with Gasteiger partial charge < -0.3 is 4.90 Å². The number of benzene rings is 6. The molecule has 8 rings (SSSR count). The van der Waals surface area contributed by atoms with Gasteiger partial charge in [0.1, 0.15) is 0 Å². The molecule has 0 aromatic heterocycles. The molecule has 0 fully saturated rings. The highest BCUT2D eigenvalue weighted by molar-refractivity contribution is 6.00. The van der Waals surface area contributed by atoms with Crippen molar-refractivity contribution in [2.75, 3.05) is 4.90 Å². The second-order valence-electron chi connectivity index (χ2n) is 10.2. The molecule has 6 aromatic rings. The number of nitrogens with zero attached hydrogens (tertiary/aromatic N) is 1. The lowest BCUT2D eigenvalue weighted by Crippen LogP contribution is -2.36. The van der Waals surface area contributed by atoms with Gasteiger partial charge in [0.25, 0.3) is 0 Å². The number of hydrogen-bond donors (Lipinski definition) is 0. The molecule has 0 saturated heterocycles. The van der Waals surface area contributed by atoms with E-state index in [1.807, 2.05) is 0 Å². The van der Waals surface area contributed by atoms with Crippen LogP contribution in [0.3, 0.4) is 0 Å². The van der Waals surface area contributed by atoms with Crippen LogP contribution in [0.15, 0.2) is 133 Å². The molecule has 1 heterocycles. The summed E-state index contributed by atoms with van der Waals surface area (Å²) in [7, 11) is 0. The first-order valence-corrected chi connectivity index (χ1v) is 13.0. The summed E-state index contributed by atoms with van der Waals surface area (Å²) in [5, 5.41) is 2.57. The number of hydrogen-bond acceptors (Lipinski definition) is 1. The van der Waals surface area contributed by atoms with Gasteiger partial charge in [-0.05, 0) is 87.5 Å². The normalized spacial score (nSPS) is 14.2. The van der Waals surface area contributed by atoms with Crippen LogP contribution in [0, 0.1) is 6.92 Å². The summed E-state index contributed by atoms with van der Waals surface area (Å²) in [6, 6.07) is 49.4. The van der Waals surface area contributed by atoms with Crippen molar-refractivity contribution in [2.45, 2.75) is 12.3 Å². The van der Waals surface area contributed by atoms with Crippen molar-refractivity contribution in [3.8, 4) is 11.1 Å². The minimum absolute atomic E-state index is 0.388. The van der Waals surface area contributed by atoms with Crippen molar-refractivity contribution in [1.29, 1.82) is 0 Å². The number of rotatable bonds is 1. The van der Waals surface area contributed by atoms with Gasteiger partial charge in [0.05, 0.1) is 16.8 Å². The lowest BCUT2D eigenvalue weighted by Gasteiger charge is -2.45. The van der Waals surface area contributed by atoms with Gasteiger partial charge in [-0.2, -0.15) is 0 Å². The van der Waals surface area contributed by atoms with E-state index in [1.54, 1.807) is 0 Å². The Morgan fingerprint density at radius 3 is 1.73 bits per heavy atom. The van der Waals surface area contributed by atoms with Gasteiger partial charge in [0.15, 0.2) is 0 Å². The summed E-state index contributed by atoms with van der Waals surface area (Å²) < 4.78 is 0. The van der Waals surface area contributed by atoms with Crippen LogP contribution in [0.25, 0.3) is 21.9 Å². The molecule has 0 bridgehead atoms. The fourth-order valence-electron chi connectivity index (χ4n) is 6.81. The summed E-state index contributed by atoms with van der Waals surface area (Å²) in [6.45, 7) is 2.20. The molecule has 0 radical (unpaired) electrons. The van der Waals surface area contributed by atoms with E-state index in [0.29, 0.717) is 0 Å². The van der Waals surface area contributed by atoms with Crippen molar-refractivity contribution in [1.82, 2.24) is 0 Å². The molecule has 0 saturated carbocycles. The monoisotopic (exact) mass is 471 g/mol. The molecule has 1 aliphatic heterocycles. The van der Waals surface area contributed by atoms with E-state index in [4.69, 9.17) is 0 Å². The topological polar surface area (TPSA) is 3.24 Å². The highest BCUT2D eigenvalue weighted by Crippen LogP contribution is 2.63. The number of fused-ring (bicyclic) bond motifs is 10. The Morgan fingerprint density at radius 1 is 0.459 bits per heavy atom. The van der Waals surface area contributed by atoms with Crippen LogP contribution < -0.4 is 4.90 Å². The average molecular weight is 472 g/mol. The van der Waals surface area contributed by atoms with Gasteiger partial charge in [-0.25, -0.2) is 0 Å². The summed E-state index contributed by atoms with van der Waals surface area (Å²) in [6.07, 6.45) is 0. The highest BCUT2D eigenvalue weighted by atomic mass is 15.2. The van der Waals surface area contributed by atoms with Crippen molar-refractivity contribution in [3.05, 3.63) is 161 Å². The molecule has 174 valence electrons. The summed E-state index contributed by atoms with van der Waals surface area (Å²) >= 11 is 0. The number of anilines is 3. The minimum Gasteiger partial charge on any atom is -0.310 e. The van der Waals surface area contributed by atoms with Gasteiger partial charge in [0.2, 0.25) is 0 Å². The maximum absolute atomic E-state index is 2.45. The Labute approximate surface area is 217 Å². The Hall–Kier alpha value is -4.62. The molecule has 1 spiro atoms. The molecular weight excluding hydrogens is 446 g/mol. The van der Waals surface area contributed by atoms with Crippen molar-refractivity contribution >= 4 is 27.8 Å². The minimum atomic E-state index is -0.388. The van der Waals surface area contributed by atoms with Gasteiger partial charge in [-0.3, -0.25) is 0 Å². The standard InChI is InChI=1S/C36H25N/c1-24-19-20-30-28(21-24)29-22-25-11-5-6-12-26(25)23-33(29)36(30)31-15-7-9-17-34(31)37(27-13-3-2-4-14-27)35-18-10-8-16-32(35)36/h2-23H,1H3. The van der Waals surface area contributed by atoms with E-state index in [1.165, 1.54) is 66.8 Å². The van der Waals surface area contributed by atoms with E-state index < -0.39 is 0 Å². The van der Waals surface area contributed by atoms with Gasteiger partial charge in [0, 0.05) is 5.69 Å². The molecular formula is C36H25N. The zero-order chi connectivity index (χ0) is 24.6. The molecule has 37 heavy (non-hydrogen) atoms. The molecule has 0 N–H and O–H groups in total. The van der Waals surface area contributed by atoms with Gasteiger partial charge in [-0.15, -0.1) is 0 Å². The third-order valence-electron chi connectivity index (χ3n) is 8.27. The summed E-state index contributed by atoms with van der Waals surface area (Å²) in [5.41, 5.74) is 12.6. The molecule has 0 unspecified atom stereocenters. The zero-order valence-electron chi connectivity index (χ0n) is 20.6. The van der Waals surface area contributed by atoms with Gasteiger partial charge >= 0.3 is 0 Å². The molecule has 1 aliphatic carbocycles. The van der Waals surface area contributed by atoms with Gasteiger partial charge in [-0.1, -0.05) is 103 Å². The Kier molecular flexibility index (Phi) is 4.14. The quantitative estimate of drug-likeness (QED) is 0.230. The van der Waals surface area contributed by atoms with Crippen LogP contribution in [0.1, 0.15) is 27.8 Å². The first kappa shape index (κ1) is 20.6. The maximum atomic E-state index is 2.45. The second kappa shape index (κ2) is 7.44. The largest absolute Gasteiger partial charge is 0.310 e.